The SMILES string of the molecule is CC1(C)CC(=O)CCN1SCc1ccc(P)c(N=O)c1. The number of rotatable bonds is 4. The number of benzene rings is 1. The molecule has 1 aliphatic rings. The van der Waals surface area contributed by atoms with Crippen LogP contribution in [0.4, 0.5) is 5.69 Å². The van der Waals surface area contributed by atoms with Gasteiger partial charge in [-0.15, -0.1) is 14.1 Å². The molecule has 0 bridgehead atoms. The lowest BCUT2D eigenvalue weighted by Crippen LogP contribution is -2.46. The third kappa shape index (κ3) is 3.66. The van der Waals surface area contributed by atoms with Gasteiger partial charge in [-0.25, -0.2) is 4.31 Å². The second kappa shape index (κ2) is 6.33. The molecule has 1 unspecified atom stereocenters. The van der Waals surface area contributed by atoms with Crippen molar-refractivity contribution in [1.82, 2.24) is 4.31 Å². The average Bonchev–Trinajstić information content (AvgIpc) is 2.38. The van der Waals surface area contributed by atoms with Crippen LogP contribution < -0.4 is 5.30 Å². The first-order valence-electron chi connectivity index (χ1n) is 6.56. The zero-order chi connectivity index (χ0) is 14.8. The standard InChI is InChI=1S/C14H19N2O2PS/c1-14(2)8-11(17)5-6-16(14)20-9-10-3-4-13(19)12(7-10)15-18/h3-4,7H,5-6,8-9,19H2,1-2H3. The van der Waals surface area contributed by atoms with Crippen molar-refractivity contribution < 1.29 is 4.79 Å². The van der Waals surface area contributed by atoms with E-state index in [0.29, 0.717) is 24.3 Å². The first-order valence-corrected chi connectivity index (χ1v) is 8.08. The van der Waals surface area contributed by atoms with Crippen LogP contribution in [0.2, 0.25) is 0 Å². The van der Waals surface area contributed by atoms with Gasteiger partial charge in [0.2, 0.25) is 0 Å². The summed E-state index contributed by atoms with van der Waals surface area (Å²) in [5, 5.41) is 3.84. The number of carbonyl (C=O) groups is 1. The summed E-state index contributed by atoms with van der Waals surface area (Å²) in [4.78, 5) is 22.2. The highest BCUT2D eigenvalue weighted by Crippen LogP contribution is 2.33. The molecule has 0 saturated carbocycles. The molecule has 1 fully saturated rings. The maximum Gasteiger partial charge on any atom is 0.136 e. The molecular formula is C14H19N2O2PS. The summed E-state index contributed by atoms with van der Waals surface area (Å²) in [7, 11) is 2.51. The van der Waals surface area contributed by atoms with E-state index in [1.54, 1.807) is 11.9 Å². The maximum absolute atomic E-state index is 11.5. The molecule has 0 N–H and O–H groups in total. The zero-order valence-electron chi connectivity index (χ0n) is 11.8. The van der Waals surface area contributed by atoms with Gasteiger partial charge in [-0.2, -0.15) is 0 Å². The fourth-order valence-corrected chi connectivity index (χ4v) is 3.69. The summed E-state index contributed by atoms with van der Waals surface area (Å²) in [5.41, 5.74) is 1.44. The van der Waals surface area contributed by atoms with E-state index in [-0.39, 0.29) is 5.54 Å². The minimum absolute atomic E-state index is 0.105. The molecule has 0 aromatic heterocycles. The van der Waals surface area contributed by atoms with E-state index in [9.17, 15) is 9.70 Å². The predicted molar refractivity (Wildman–Crippen MR) is 87.6 cm³/mol. The fraction of sp³-hybridized carbons (Fsp3) is 0.500. The van der Waals surface area contributed by atoms with E-state index >= 15 is 0 Å². The molecule has 6 heteroatoms. The van der Waals surface area contributed by atoms with Crippen LogP contribution in [0.5, 0.6) is 0 Å². The summed E-state index contributed by atoms with van der Waals surface area (Å²) in [6.07, 6.45) is 1.23. The molecule has 20 heavy (non-hydrogen) atoms. The topological polar surface area (TPSA) is 49.7 Å². The normalized spacial score (nSPS) is 19.1. The Labute approximate surface area is 126 Å². The number of hydrogen-bond acceptors (Lipinski definition) is 5. The number of piperidine rings is 1. The van der Waals surface area contributed by atoms with E-state index < -0.39 is 0 Å². The van der Waals surface area contributed by atoms with Crippen LogP contribution in [0.3, 0.4) is 0 Å². The highest BCUT2D eigenvalue weighted by Gasteiger charge is 2.34. The van der Waals surface area contributed by atoms with Crippen molar-refractivity contribution in [2.45, 2.75) is 38.0 Å². The lowest BCUT2D eigenvalue weighted by molar-refractivity contribution is -0.123. The lowest BCUT2D eigenvalue weighted by Gasteiger charge is -2.40. The second-order valence-corrected chi connectivity index (χ2v) is 7.25. The Hall–Kier alpha value is -0.770. The minimum atomic E-state index is -0.105. The summed E-state index contributed by atoms with van der Waals surface area (Å²) in [6, 6.07) is 5.72. The lowest BCUT2D eigenvalue weighted by atomic mass is 9.92. The van der Waals surface area contributed by atoms with Gasteiger partial charge in [-0.05, 0) is 36.0 Å². The number of nitrogens with zero attached hydrogens (tertiary/aromatic N) is 2. The Balaban J connectivity index is 2.01. The van der Waals surface area contributed by atoms with Crippen molar-refractivity contribution >= 4 is 38.0 Å². The number of nitroso groups, excluding NO2 is 1. The van der Waals surface area contributed by atoms with Crippen molar-refractivity contribution in [3.8, 4) is 0 Å². The van der Waals surface area contributed by atoms with E-state index in [2.05, 4.69) is 32.6 Å². The van der Waals surface area contributed by atoms with Gasteiger partial charge < -0.3 is 0 Å². The van der Waals surface area contributed by atoms with Gasteiger partial charge in [0, 0.05) is 30.7 Å². The first kappa shape index (κ1) is 15.6. The highest BCUT2D eigenvalue weighted by atomic mass is 32.2. The van der Waals surface area contributed by atoms with Gasteiger partial charge >= 0.3 is 0 Å². The molecule has 0 aliphatic carbocycles. The smallest absolute Gasteiger partial charge is 0.136 e. The number of Topliss-reactive ketones (excluding diaryl/α,β-unsaturated/α-hetero) is 1. The number of hydrogen-bond donors (Lipinski definition) is 0. The van der Waals surface area contributed by atoms with Crippen LogP contribution >= 0.6 is 21.2 Å². The molecule has 1 heterocycles. The average molecular weight is 310 g/mol. The Bertz CT molecular complexity index is 534. The van der Waals surface area contributed by atoms with Gasteiger partial charge in [0.1, 0.15) is 11.5 Å². The van der Waals surface area contributed by atoms with Crippen molar-refractivity contribution in [2.75, 3.05) is 6.54 Å². The maximum atomic E-state index is 11.5. The van der Waals surface area contributed by atoms with Gasteiger partial charge in [-0.3, -0.25) is 4.79 Å². The Kier molecular flexibility index (Phi) is 4.95. The van der Waals surface area contributed by atoms with Crippen molar-refractivity contribution in [3.63, 3.8) is 0 Å². The molecular weight excluding hydrogens is 291 g/mol. The fourth-order valence-electron chi connectivity index (χ4n) is 2.34. The molecule has 1 aliphatic heterocycles. The van der Waals surface area contributed by atoms with Crippen LogP contribution in [0.1, 0.15) is 32.3 Å². The van der Waals surface area contributed by atoms with E-state index in [1.165, 1.54) is 0 Å². The van der Waals surface area contributed by atoms with Gasteiger partial charge in [0.05, 0.1) is 0 Å². The van der Waals surface area contributed by atoms with E-state index in [4.69, 9.17) is 0 Å². The van der Waals surface area contributed by atoms with Gasteiger partial charge in [0.15, 0.2) is 0 Å². The molecule has 0 radical (unpaired) electrons. The number of ketones is 1. The summed E-state index contributed by atoms with van der Waals surface area (Å²) >= 11 is 1.72. The Morgan fingerprint density at radius 2 is 2.20 bits per heavy atom. The van der Waals surface area contributed by atoms with Crippen molar-refractivity contribution in [3.05, 3.63) is 28.7 Å². The third-order valence-electron chi connectivity index (χ3n) is 3.48. The molecule has 0 amide bonds. The highest BCUT2D eigenvalue weighted by molar-refractivity contribution is 7.96. The molecule has 1 atom stereocenters. The molecule has 2 rings (SSSR count). The number of carbonyl (C=O) groups excluding carboxylic acids is 1. The van der Waals surface area contributed by atoms with Crippen LogP contribution in [0.15, 0.2) is 23.4 Å². The van der Waals surface area contributed by atoms with Gasteiger partial charge in [-0.1, -0.05) is 24.1 Å². The second-order valence-electron chi connectivity index (χ2n) is 5.64. The molecule has 4 nitrogen and oxygen atoms in total. The molecule has 1 saturated heterocycles. The molecule has 0 spiro atoms. The summed E-state index contributed by atoms with van der Waals surface area (Å²) < 4.78 is 2.27. The molecule has 1 aromatic carbocycles. The Morgan fingerprint density at radius 1 is 1.45 bits per heavy atom. The van der Waals surface area contributed by atoms with Crippen molar-refractivity contribution in [2.24, 2.45) is 5.18 Å². The summed E-state index contributed by atoms with van der Waals surface area (Å²) in [6.45, 7) is 4.99. The quantitative estimate of drug-likeness (QED) is 0.487. The van der Waals surface area contributed by atoms with E-state index in [0.717, 1.165) is 23.2 Å². The Morgan fingerprint density at radius 3 is 2.85 bits per heavy atom. The van der Waals surface area contributed by atoms with E-state index in [1.807, 2.05) is 18.2 Å². The van der Waals surface area contributed by atoms with Gasteiger partial charge in [0.25, 0.3) is 0 Å². The molecule has 1 aromatic rings. The predicted octanol–water partition coefficient (Wildman–Crippen LogP) is 3.18. The van der Waals surface area contributed by atoms with Crippen LogP contribution in [0, 0.1) is 4.91 Å². The van der Waals surface area contributed by atoms with Crippen LogP contribution in [-0.4, -0.2) is 22.2 Å². The minimum Gasteiger partial charge on any atom is -0.300 e. The first-order chi connectivity index (χ1) is 9.42. The van der Waals surface area contributed by atoms with Crippen molar-refractivity contribution in [1.29, 1.82) is 0 Å². The zero-order valence-corrected chi connectivity index (χ0v) is 13.7. The molecule has 108 valence electrons. The largest absolute Gasteiger partial charge is 0.300 e. The van der Waals surface area contributed by atoms with Crippen LogP contribution in [-0.2, 0) is 10.5 Å². The third-order valence-corrected chi connectivity index (χ3v) is 5.42. The monoisotopic (exact) mass is 310 g/mol. The van der Waals surface area contributed by atoms with Crippen LogP contribution in [0.25, 0.3) is 0 Å². The summed E-state index contributed by atoms with van der Waals surface area (Å²) in [5.74, 6) is 1.12.